The van der Waals surface area contributed by atoms with E-state index in [1.807, 2.05) is 0 Å². The summed E-state index contributed by atoms with van der Waals surface area (Å²) in [6.07, 6.45) is 2.71. The van der Waals surface area contributed by atoms with Gasteiger partial charge in [-0.3, -0.25) is 0 Å². The van der Waals surface area contributed by atoms with E-state index < -0.39 is 0 Å². The highest BCUT2D eigenvalue weighted by Crippen LogP contribution is 2.29. The lowest BCUT2D eigenvalue weighted by atomic mass is 10.0. The number of hydrogen-bond acceptors (Lipinski definition) is 2. The SMILES string of the molecule is COC[C@]1(C)CC[C@@H](C)O1. The fourth-order valence-corrected chi connectivity index (χ4v) is 1.52. The summed E-state index contributed by atoms with van der Waals surface area (Å²) in [5, 5.41) is 0. The Kier molecular flexibility index (Phi) is 2.32. The third-order valence-corrected chi connectivity index (χ3v) is 2.02. The maximum absolute atomic E-state index is 5.66. The van der Waals surface area contributed by atoms with Crippen LogP contribution in [-0.2, 0) is 9.47 Å². The van der Waals surface area contributed by atoms with E-state index in [4.69, 9.17) is 9.47 Å². The standard InChI is InChI=1S/C8H16O2/c1-7-4-5-8(2,10-7)6-9-3/h7H,4-6H2,1-3H3/t7-,8+/m1/s1. The van der Waals surface area contributed by atoms with Gasteiger partial charge in [0.05, 0.1) is 18.3 Å². The van der Waals surface area contributed by atoms with E-state index in [1.165, 1.54) is 6.42 Å². The maximum Gasteiger partial charge on any atom is 0.0891 e. The first-order chi connectivity index (χ1) is 4.66. The quantitative estimate of drug-likeness (QED) is 0.586. The molecule has 0 unspecified atom stereocenters. The average molecular weight is 144 g/mol. The molecule has 1 aliphatic rings. The van der Waals surface area contributed by atoms with E-state index >= 15 is 0 Å². The highest BCUT2D eigenvalue weighted by Gasteiger charge is 2.33. The number of hydrogen-bond donors (Lipinski definition) is 0. The summed E-state index contributed by atoms with van der Waals surface area (Å²) in [5.41, 5.74) is -0.00579. The molecule has 0 radical (unpaired) electrons. The van der Waals surface area contributed by atoms with Crippen LogP contribution in [0.3, 0.4) is 0 Å². The molecule has 0 aromatic carbocycles. The molecule has 1 heterocycles. The van der Waals surface area contributed by atoms with Crippen LogP contribution in [0.2, 0.25) is 0 Å². The molecular formula is C8H16O2. The summed E-state index contributed by atoms with van der Waals surface area (Å²) in [6.45, 7) is 4.94. The molecule has 1 aliphatic heterocycles. The molecule has 0 aromatic rings. The van der Waals surface area contributed by atoms with Crippen molar-refractivity contribution in [1.82, 2.24) is 0 Å². The molecule has 0 bridgehead atoms. The molecule has 1 rings (SSSR count). The van der Waals surface area contributed by atoms with Crippen LogP contribution in [0.15, 0.2) is 0 Å². The number of ether oxygens (including phenoxy) is 2. The van der Waals surface area contributed by atoms with Crippen molar-refractivity contribution in [2.45, 2.75) is 38.4 Å². The zero-order valence-electron chi connectivity index (χ0n) is 7.02. The van der Waals surface area contributed by atoms with Crippen LogP contribution in [0.25, 0.3) is 0 Å². The van der Waals surface area contributed by atoms with E-state index in [2.05, 4.69) is 13.8 Å². The van der Waals surface area contributed by atoms with E-state index in [9.17, 15) is 0 Å². The Morgan fingerprint density at radius 3 is 2.80 bits per heavy atom. The first-order valence-electron chi connectivity index (χ1n) is 3.83. The molecular weight excluding hydrogens is 128 g/mol. The van der Waals surface area contributed by atoms with Crippen molar-refractivity contribution in [3.8, 4) is 0 Å². The Morgan fingerprint density at radius 1 is 1.70 bits per heavy atom. The van der Waals surface area contributed by atoms with Gasteiger partial charge in [-0.2, -0.15) is 0 Å². The molecule has 0 spiro atoms. The average Bonchev–Trinajstić information content (AvgIpc) is 2.12. The summed E-state index contributed by atoms with van der Waals surface area (Å²) in [6, 6.07) is 0. The summed E-state index contributed by atoms with van der Waals surface area (Å²) >= 11 is 0. The van der Waals surface area contributed by atoms with Gasteiger partial charge >= 0.3 is 0 Å². The lowest BCUT2D eigenvalue weighted by Crippen LogP contribution is -2.29. The van der Waals surface area contributed by atoms with Crippen LogP contribution in [0.5, 0.6) is 0 Å². The Morgan fingerprint density at radius 2 is 2.40 bits per heavy atom. The van der Waals surface area contributed by atoms with Gasteiger partial charge in [0.15, 0.2) is 0 Å². The zero-order valence-corrected chi connectivity index (χ0v) is 7.02. The second-order valence-electron chi connectivity index (χ2n) is 3.35. The molecule has 0 aliphatic carbocycles. The van der Waals surface area contributed by atoms with E-state index in [0.717, 1.165) is 13.0 Å². The van der Waals surface area contributed by atoms with Crippen molar-refractivity contribution < 1.29 is 9.47 Å². The van der Waals surface area contributed by atoms with Crippen LogP contribution in [0.4, 0.5) is 0 Å². The first-order valence-corrected chi connectivity index (χ1v) is 3.83. The molecule has 10 heavy (non-hydrogen) atoms. The lowest BCUT2D eigenvalue weighted by molar-refractivity contribution is -0.0650. The molecule has 0 saturated carbocycles. The van der Waals surface area contributed by atoms with Gasteiger partial charge in [-0.25, -0.2) is 0 Å². The molecule has 2 heteroatoms. The smallest absolute Gasteiger partial charge is 0.0891 e. The van der Waals surface area contributed by atoms with Gasteiger partial charge in [-0.15, -0.1) is 0 Å². The van der Waals surface area contributed by atoms with Crippen molar-refractivity contribution in [3.05, 3.63) is 0 Å². The highest BCUT2D eigenvalue weighted by molar-refractivity contribution is 4.82. The topological polar surface area (TPSA) is 18.5 Å². The van der Waals surface area contributed by atoms with Crippen LogP contribution in [-0.4, -0.2) is 25.4 Å². The van der Waals surface area contributed by atoms with Gasteiger partial charge in [-0.05, 0) is 26.7 Å². The van der Waals surface area contributed by atoms with Crippen molar-refractivity contribution in [2.75, 3.05) is 13.7 Å². The van der Waals surface area contributed by atoms with Gasteiger partial charge in [-0.1, -0.05) is 0 Å². The van der Waals surface area contributed by atoms with Gasteiger partial charge in [0.2, 0.25) is 0 Å². The Hall–Kier alpha value is -0.0800. The molecule has 0 amide bonds. The minimum absolute atomic E-state index is 0.00579. The predicted molar refractivity (Wildman–Crippen MR) is 40.1 cm³/mol. The van der Waals surface area contributed by atoms with Crippen LogP contribution < -0.4 is 0 Å². The Bertz CT molecular complexity index is 110. The van der Waals surface area contributed by atoms with Crippen molar-refractivity contribution in [2.24, 2.45) is 0 Å². The second-order valence-corrected chi connectivity index (χ2v) is 3.35. The first kappa shape index (κ1) is 8.02. The minimum Gasteiger partial charge on any atom is -0.382 e. The minimum atomic E-state index is -0.00579. The van der Waals surface area contributed by atoms with Crippen LogP contribution >= 0.6 is 0 Å². The van der Waals surface area contributed by atoms with Crippen molar-refractivity contribution >= 4 is 0 Å². The lowest BCUT2D eigenvalue weighted by Gasteiger charge is -2.22. The third kappa shape index (κ3) is 1.70. The molecule has 1 saturated heterocycles. The predicted octanol–water partition coefficient (Wildman–Crippen LogP) is 1.59. The molecule has 60 valence electrons. The van der Waals surface area contributed by atoms with Crippen LogP contribution in [0.1, 0.15) is 26.7 Å². The molecule has 0 aromatic heterocycles. The number of methoxy groups -OCH3 is 1. The summed E-state index contributed by atoms with van der Waals surface area (Å²) < 4.78 is 10.7. The van der Waals surface area contributed by atoms with E-state index in [0.29, 0.717) is 6.10 Å². The fourth-order valence-electron chi connectivity index (χ4n) is 1.52. The zero-order chi connectivity index (χ0) is 7.61. The highest BCUT2D eigenvalue weighted by atomic mass is 16.5. The molecule has 2 nitrogen and oxygen atoms in total. The van der Waals surface area contributed by atoms with Gasteiger partial charge in [0.1, 0.15) is 0 Å². The Labute approximate surface area is 62.5 Å². The maximum atomic E-state index is 5.66. The summed E-state index contributed by atoms with van der Waals surface area (Å²) in [4.78, 5) is 0. The van der Waals surface area contributed by atoms with Crippen LogP contribution in [0, 0.1) is 0 Å². The largest absolute Gasteiger partial charge is 0.382 e. The Balaban J connectivity index is 2.38. The van der Waals surface area contributed by atoms with Gasteiger partial charge in [0.25, 0.3) is 0 Å². The summed E-state index contributed by atoms with van der Waals surface area (Å²) in [7, 11) is 1.72. The fraction of sp³-hybridized carbons (Fsp3) is 1.00. The number of rotatable bonds is 2. The second kappa shape index (κ2) is 2.89. The van der Waals surface area contributed by atoms with E-state index in [1.54, 1.807) is 7.11 Å². The molecule has 0 N–H and O–H groups in total. The van der Waals surface area contributed by atoms with Gasteiger partial charge < -0.3 is 9.47 Å². The van der Waals surface area contributed by atoms with Gasteiger partial charge in [0, 0.05) is 7.11 Å². The molecule has 2 atom stereocenters. The van der Waals surface area contributed by atoms with E-state index in [-0.39, 0.29) is 5.60 Å². The molecule has 1 fully saturated rings. The third-order valence-electron chi connectivity index (χ3n) is 2.02. The van der Waals surface area contributed by atoms with Crippen molar-refractivity contribution in [1.29, 1.82) is 0 Å². The summed E-state index contributed by atoms with van der Waals surface area (Å²) in [5.74, 6) is 0. The van der Waals surface area contributed by atoms with Crippen molar-refractivity contribution in [3.63, 3.8) is 0 Å². The monoisotopic (exact) mass is 144 g/mol. The normalized spacial score (nSPS) is 40.5.